The van der Waals surface area contributed by atoms with Gasteiger partial charge in [-0.1, -0.05) is 6.92 Å². The molecule has 54 valence electrons. The van der Waals surface area contributed by atoms with Crippen LogP contribution < -0.4 is 11.2 Å². The van der Waals surface area contributed by atoms with E-state index in [1.807, 2.05) is 0 Å². The smallest absolute Gasteiger partial charge is 0.336 e. The summed E-state index contributed by atoms with van der Waals surface area (Å²) < 4.78 is 12.0. The lowest BCUT2D eigenvalue weighted by Crippen LogP contribution is -2.32. The van der Waals surface area contributed by atoms with Crippen LogP contribution in [0.15, 0.2) is 0 Å². The zero-order valence-corrected chi connectivity index (χ0v) is 5.06. The van der Waals surface area contributed by atoms with Crippen molar-refractivity contribution >= 4 is 6.03 Å². The van der Waals surface area contributed by atoms with Crippen molar-refractivity contribution in [3.05, 3.63) is 0 Å². The fraction of sp³-hybridized carbons (Fsp3) is 0.750. The number of halogens is 1. The van der Waals surface area contributed by atoms with Crippen molar-refractivity contribution in [2.24, 2.45) is 5.73 Å². The van der Waals surface area contributed by atoms with Gasteiger partial charge < -0.3 is 5.73 Å². The SMILES string of the molecule is CCC(F)ONC(N)=O. The predicted molar refractivity (Wildman–Crippen MR) is 29.0 cm³/mol. The molecule has 0 bridgehead atoms. The van der Waals surface area contributed by atoms with Gasteiger partial charge in [-0.15, -0.1) is 0 Å². The van der Waals surface area contributed by atoms with E-state index in [0.717, 1.165) is 0 Å². The minimum Gasteiger partial charge on any atom is -0.350 e. The Hall–Kier alpha value is -0.840. The van der Waals surface area contributed by atoms with E-state index in [0.29, 0.717) is 0 Å². The lowest BCUT2D eigenvalue weighted by molar-refractivity contribution is -0.0801. The third-order valence-electron chi connectivity index (χ3n) is 0.608. The molecule has 3 N–H and O–H groups in total. The third-order valence-corrected chi connectivity index (χ3v) is 0.608. The lowest BCUT2D eigenvalue weighted by atomic mass is 10.5. The molecule has 1 atom stereocenters. The van der Waals surface area contributed by atoms with Crippen molar-refractivity contribution < 1.29 is 14.0 Å². The summed E-state index contributed by atoms with van der Waals surface area (Å²) >= 11 is 0. The maximum absolute atomic E-state index is 12.0. The normalized spacial score (nSPS) is 12.7. The van der Waals surface area contributed by atoms with Crippen LogP contribution in [0, 0.1) is 0 Å². The highest BCUT2D eigenvalue weighted by atomic mass is 19.1. The number of rotatable bonds is 3. The molecule has 1 unspecified atom stereocenters. The van der Waals surface area contributed by atoms with Crippen LogP contribution in [0.4, 0.5) is 9.18 Å². The molecule has 0 aromatic carbocycles. The Kier molecular flexibility index (Phi) is 3.70. The van der Waals surface area contributed by atoms with E-state index >= 15 is 0 Å². The Morgan fingerprint density at radius 3 is 2.89 bits per heavy atom. The van der Waals surface area contributed by atoms with Gasteiger partial charge in [-0.05, 0) is 0 Å². The highest BCUT2D eigenvalue weighted by Crippen LogP contribution is 1.94. The van der Waals surface area contributed by atoms with Gasteiger partial charge in [0.25, 0.3) is 0 Å². The highest BCUT2D eigenvalue weighted by molar-refractivity contribution is 5.70. The van der Waals surface area contributed by atoms with Crippen LogP contribution in [0.5, 0.6) is 0 Å². The lowest BCUT2D eigenvalue weighted by Gasteiger charge is -2.04. The summed E-state index contributed by atoms with van der Waals surface area (Å²) in [5.41, 5.74) is 6.21. The van der Waals surface area contributed by atoms with Crippen molar-refractivity contribution in [1.29, 1.82) is 0 Å². The molecule has 0 heterocycles. The molecular formula is C4H9FN2O2. The summed E-state index contributed by atoms with van der Waals surface area (Å²) in [4.78, 5) is 13.9. The molecule has 5 heteroatoms. The van der Waals surface area contributed by atoms with E-state index in [4.69, 9.17) is 0 Å². The molecule has 0 aliphatic carbocycles. The Bertz CT molecular complexity index is 98.6. The van der Waals surface area contributed by atoms with Gasteiger partial charge in [0, 0.05) is 6.42 Å². The summed E-state index contributed by atoms with van der Waals surface area (Å²) in [5.74, 6) is 0. The van der Waals surface area contributed by atoms with Gasteiger partial charge in [0.05, 0.1) is 0 Å². The molecule has 0 fully saturated rings. The molecule has 0 aromatic heterocycles. The maximum Gasteiger partial charge on any atom is 0.336 e. The first-order chi connectivity index (χ1) is 4.16. The molecule has 0 aromatic rings. The van der Waals surface area contributed by atoms with E-state index < -0.39 is 12.4 Å². The highest BCUT2D eigenvalue weighted by Gasteiger charge is 2.02. The summed E-state index contributed by atoms with van der Waals surface area (Å²) in [6, 6.07) is -0.897. The van der Waals surface area contributed by atoms with E-state index in [9.17, 15) is 9.18 Å². The Morgan fingerprint density at radius 1 is 2.00 bits per heavy atom. The molecule has 0 saturated heterocycles. The molecular weight excluding hydrogens is 127 g/mol. The summed E-state index contributed by atoms with van der Waals surface area (Å²) in [6.45, 7) is 1.58. The number of carbonyl (C=O) groups is 1. The van der Waals surface area contributed by atoms with Crippen LogP contribution in [0.3, 0.4) is 0 Å². The summed E-state index contributed by atoms with van der Waals surface area (Å²) in [6.07, 6.45) is -1.29. The number of nitrogens with two attached hydrogens (primary N) is 1. The number of primary amides is 1. The van der Waals surface area contributed by atoms with Crippen LogP contribution >= 0.6 is 0 Å². The topological polar surface area (TPSA) is 64.3 Å². The zero-order valence-electron chi connectivity index (χ0n) is 5.06. The molecule has 4 nitrogen and oxygen atoms in total. The van der Waals surface area contributed by atoms with Gasteiger partial charge in [0.2, 0.25) is 6.36 Å². The van der Waals surface area contributed by atoms with E-state index in [-0.39, 0.29) is 6.42 Å². The van der Waals surface area contributed by atoms with Crippen LogP contribution in [0.1, 0.15) is 13.3 Å². The minimum atomic E-state index is -1.47. The first-order valence-corrected chi connectivity index (χ1v) is 2.52. The molecule has 0 spiro atoms. The fourth-order valence-electron chi connectivity index (χ4n) is 0.205. The Labute approximate surface area is 52.1 Å². The van der Waals surface area contributed by atoms with E-state index in [2.05, 4.69) is 10.6 Å². The third kappa shape index (κ3) is 5.02. The van der Waals surface area contributed by atoms with Crippen LogP contribution in [0.25, 0.3) is 0 Å². The summed E-state index contributed by atoms with van der Waals surface area (Å²) in [7, 11) is 0. The predicted octanol–water partition coefficient (Wildman–Crippen LogP) is 0.292. The minimum absolute atomic E-state index is 0.181. The van der Waals surface area contributed by atoms with Gasteiger partial charge in [-0.3, -0.25) is 0 Å². The standard InChI is InChI=1S/C4H9FN2O2/c1-2-3(5)9-7-4(6)8/h3H,2H2,1H3,(H3,6,7,8). The Balaban J connectivity index is 3.16. The summed E-state index contributed by atoms with van der Waals surface area (Å²) in [5, 5.41) is 0. The number of urea groups is 1. The van der Waals surface area contributed by atoms with Gasteiger partial charge in [0.15, 0.2) is 0 Å². The molecule has 0 aliphatic heterocycles. The fourth-order valence-corrected chi connectivity index (χ4v) is 0.205. The van der Waals surface area contributed by atoms with E-state index in [1.165, 1.54) is 0 Å². The van der Waals surface area contributed by atoms with Crippen LogP contribution in [0.2, 0.25) is 0 Å². The van der Waals surface area contributed by atoms with Crippen molar-refractivity contribution in [2.75, 3.05) is 0 Å². The number of hydrogen-bond acceptors (Lipinski definition) is 2. The largest absolute Gasteiger partial charge is 0.350 e. The van der Waals surface area contributed by atoms with Crippen LogP contribution in [-0.2, 0) is 4.84 Å². The van der Waals surface area contributed by atoms with Crippen molar-refractivity contribution in [1.82, 2.24) is 5.48 Å². The number of hydrogen-bond donors (Lipinski definition) is 2. The molecule has 0 radical (unpaired) electrons. The second-order valence-electron chi connectivity index (χ2n) is 1.40. The van der Waals surface area contributed by atoms with Gasteiger partial charge in [-0.2, -0.15) is 0 Å². The molecule has 0 aliphatic rings. The zero-order chi connectivity index (χ0) is 7.28. The molecule has 0 saturated carbocycles. The van der Waals surface area contributed by atoms with Gasteiger partial charge >= 0.3 is 6.03 Å². The van der Waals surface area contributed by atoms with Crippen LogP contribution in [-0.4, -0.2) is 12.4 Å². The molecule has 9 heavy (non-hydrogen) atoms. The first kappa shape index (κ1) is 8.16. The van der Waals surface area contributed by atoms with Crippen molar-refractivity contribution in [3.63, 3.8) is 0 Å². The van der Waals surface area contributed by atoms with Crippen molar-refractivity contribution in [3.8, 4) is 0 Å². The average molecular weight is 136 g/mol. The number of alkyl halides is 1. The van der Waals surface area contributed by atoms with Gasteiger partial charge in [0.1, 0.15) is 0 Å². The first-order valence-electron chi connectivity index (χ1n) is 2.52. The number of carbonyl (C=O) groups excluding carboxylic acids is 1. The average Bonchev–Trinajstić information content (AvgIpc) is 1.83. The van der Waals surface area contributed by atoms with Crippen molar-refractivity contribution in [2.45, 2.75) is 19.7 Å². The second-order valence-corrected chi connectivity index (χ2v) is 1.40. The number of hydroxylamine groups is 1. The Morgan fingerprint density at radius 2 is 2.56 bits per heavy atom. The van der Waals surface area contributed by atoms with Gasteiger partial charge in [-0.25, -0.2) is 19.5 Å². The van der Waals surface area contributed by atoms with E-state index in [1.54, 1.807) is 12.4 Å². The quantitative estimate of drug-likeness (QED) is 0.548. The molecule has 2 amide bonds. The number of nitrogens with one attached hydrogen (secondary N) is 1. The maximum atomic E-state index is 12.0. The molecule has 0 rings (SSSR count). The second kappa shape index (κ2) is 4.08. The number of amides is 2. The monoisotopic (exact) mass is 136 g/mol.